The van der Waals surface area contributed by atoms with Crippen LogP contribution >= 0.6 is 0 Å². The summed E-state index contributed by atoms with van der Waals surface area (Å²) in [4.78, 5) is 13.4. The molecule has 7 heteroatoms. The van der Waals surface area contributed by atoms with Gasteiger partial charge in [0, 0.05) is 5.56 Å². The Balaban J connectivity index is 1.84. The van der Waals surface area contributed by atoms with Crippen LogP contribution in [-0.2, 0) is 16.8 Å². The summed E-state index contributed by atoms with van der Waals surface area (Å²) < 4.78 is 35.1. The molecule has 0 amide bonds. The van der Waals surface area contributed by atoms with E-state index in [4.69, 9.17) is 4.55 Å². The van der Waals surface area contributed by atoms with Gasteiger partial charge in [0.1, 0.15) is 5.82 Å². The second-order valence-corrected chi connectivity index (χ2v) is 8.22. The molecule has 0 bridgehead atoms. The van der Waals surface area contributed by atoms with E-state index in [1.807, 2.05) is 12.1 Å². The van der Waals surface area contributed by atoms with Crippen molar-refractivity contribution < 1.29 is 13.2 Å². The van der Waals surface area contributed by atoms with Crippen molar-refractivity contribution in [3.05, 3.63) is 76.5 Å². The minimum absolute atomic E-state index is 0.0482. The summed E-state index contributed by atoms with van der Waals surface area (Å²) in [5.41, 5.74) is 3.12. The van der Waals surface area contributed by atoms with Crippen LogP contribution in [0.4, 0.5) is 4.39 Å². The van der Waals surface area contributed by atoms with E-state index in [0.29, 0.717) is 16.7 Å². The van der Waals surface area contributed by atoms with Crippen LogP contribution in [0.2, 0.25) is 0 Å². The predicted molar refractivity (Wildman–Crippen MR) is 111 cm³/mol. The van der Waals surface area contributed by atoms with Crippen molar-refractivity contribution >= 4 is 11.1 Å². The normalized spacial score (nSPS) is 15.5. The lowest BCUT2D eigenvalue weighted by Crippen LogP contribution is -2.27. The zero-order valence-corrected chi connectivity index (χ0v) is 16.6. The highest BCUT2D eigenvalue weighted by Crippen LogP contribution is 2.32. The third-order valence-corrected chi connectivity index (χ3v) is 5.94. The zero-order chi connectivity index (χ0) is 20.4. The van der Waals surface area contributed by atoms with Crippen molar-refractivity contribution in [2.75, 3.05) is 0 Å². The van der Waals surface area contributed by atoms with Crippen molar-refractivity contribution in [3.8, 4) is 22.3 Å². The van der Waals surface area contributed by atoms with Crippen molar-refractivity contribution in [3.63, 3.8) is 0 Å². The molecule has 0 saturated heterocycles. The van der Waals surface area contributed by atoms with E-state index in [9.17, 15) is 13.4 Å². The Morgan fingerprint density at radius 3 is 2.28 bits per heavy atom. The maximum atomic E-state index is 13.5. The molecule has 2 aromatic carbocycles. The standard InChI is InChI=1S/C22H21FN2O3S/c23-18-11-9-17(10-12-18)21-20(16-7-5-15(6-8-16)14-29(27)28)13-24-25(22(21)26)19-3-1-2-4-19/h5-13,19H,1-4,14H2,(H,27,28). The first-order valence-electron chi connectivity index (χ1n) is 9.57. The number of hydrogen-bond acceptors (Lipinski definition) is 3. The maximum Gasteiger partial charge on any atom is 0.275 e. The Bertz CT molecular complexity index is 1090. The van der Waals surface area contributed by atoms with Crippen LogP contribution in [0.3, 0.4) is 0 Å². The Hall–Kier alpha value is -2.64. The van der Waals surface area contributed by atoms with Crippen LogP contribution in [0, 0.1) is 5.82 Å². The minimum Gasteiger partial charge on any atom is -0.306 e. The molecule has 1 N–H and O–H groups in total. The molecule has 1 heterocycles. The molecule has 3 aromatic rings. The van der Waals surface area contributed by atoms with Gasteiger partial charge in [-0.3, -0.25) is 4.79 Å². The Morgan fingerprint density at radius 1 is 1.03 bits per heavy atom. The summed E-state index contributed by atoms with van der Waals surface area (Å²) in [6.07, 6.45) is 5.72. The van der Waals surface area contributed by atoms with Crippen molar-refractivity contribution in [1.29, 1.82) is 0 Å². The number of halogens is 1. The second-order valence-electron chi connectivity index (χ2n) is 7.29. The van der Waals surface area contributed by atoms with Gasteiger partial charge in [-0.25, -0.2) is 13.3 Å². The molecule has 150 valence electrons. The molecular weight excluding hydrogens is 391 g/mol. The van der Waals surface area contributed by atoms with Gasteiger partial charge in [0.05, 0.1) is 23.6 Å². The van der Waals surface area contributed by atoms with Crippen LogP contribution in [0.15, 0.2) is 59.5 Å². The van der Waals surface area contributed by atoms with Crippen LogP contribution < -0.4 is 5.56 Å². The van der Waals surface area contributed by atoms with Gasteiger partial charge < -0.3 is 4.55 Å². The molecule has 0 spiro atoms. The summed E-state index contributed by atoms with van der Waals surface area (Å²) in [5.74, 6) is -0.311. The quantitative estimate of drug-likeness (QED) is 0.624. The fourth-order valence-corrected chi connectivity index (χ4v) is 4.39. The number of hydrogen-bond donors (Lipinski definition) is 1. The highest BCUT2D eigenvalue weighted by Gasteiger charge is 2.22. The van der Waals surface area contributed by atoms with Gasteiger partial charge in [0.25, 0.3) is 5.56 Å². The molecule has 4 rings (SSSR count). The smallest absolute Gasteiger partial charge is 0.275 e. The molecular formula is C22H21FN2O3S. The summed E-state index contributed by atoms with van der Waals surface area (Å²) >= 11 is -1.91. The number of aromatic nitrogens is 2. The predicted octanol–water partition coefficient (Wildman–Crippen LogP) is 4.55. The van der Waals surface area contributed by atoms with Crippen molar-refractivity contribution in [2.45, 2.75) is 37.5 Å². The molecule has 1 fully saturated rings. The topological polar surface area (TPSA) is 72.2 Å². The van der Waals surface area contributed by atoms with Crippen molar-refractivity contribution in [2.24, 2.45) is 0 Å². The van der Waals surface area contributed by atoms with E-state index < -0.39 is 11.1 Å². The van der Waals surface area contributed by atoms with Gasteiger partial charge in [-0.05, 0) is 41.7 Å². The van der Waals surface area contributed by atoms with Gasteiger partial charge in [-0.2, -0.15) is 5.10 Å². The second kappa shape index (κ2) is 8.39. The average Bonchev–Trinajstić information content (AvgIpc) is 3.23. The van der Waals surface area contributed by atoms with Gasteiger partial charge in [-0.1, -0.05) is 49.2 Å². The Morgan fingerprint density at radius 2 is 1.66 bits per heavy atom. The third-order valence-electron chi connectivity index (χ3n) is 5.36. The zero-order valence-electron chi connectivity index (χ0n) is 15.8. The van der Waals surface area contributed by atoms with Gasteiger partial charge in [0.2, 0.25) is 0 Å². The summed E-state index contributed by atoms with van der Waals surface area (Å²) in [6, 6.07) is 13.2. The molecule has 29 heavy (non-hydrogen) atoms. The SMILES string of the molecule is O=c1c(-c2ccc(F)cc2)c(-c2ccc(CS(=O)O)cc2)cnn1C1CCCC1. The number of nitrogens with zero attached hydrogens (tertiary/aromatic N) is 2. The largest absolute Gasteiger partial charge is 0.306 e. The monoisotopic (exact) mass is 412 g/mol. The highest BCUT2D eigenvalue weighted by molar-refractivity contribution is 7.78. The Labute approximate surface area is 170 Å². The van der Waals surface area contributed by atoms with Gasteiger partial charge in [0.15, 0.2) is 11.1 Å². The lowest BCUT2D eigenvalue weighted by molar-refractivity contribution is 0.445. The van der Waals surface area contributed by atoms with Crippen molar-refractivity contribution in [1.82, 2.24) is 9.78 Å². The lowest BCUT2D eigenvalue weighted by atomic mass is 9.96. The van der Waals surface area contributed by atoms with Crippen LogP contribution in [-0.4, -0.2) is 18.5 Å². The van der Waals surface area contributed by atoms with E-state index >= 15 is 0 Å². The maximum absolute atomic E-state index is 13.5. The van der Waals surface area contributed by atoms with E-state index in [1.54, 1.807) is 35.1 Å². The first kappa shape index (κ1) is 19.7. The third kappa shape index (κ3) is 4.21. The van der Waals surface area contributed by atoms with Crippen LogP contribution in [0.1, 0.15) is 37.3 Å². The number of rotatable bonds is 5. The molecule has 1 aliphatic carbocycles. The van der Waals surface area contributed by atoms with Crippen LogP contribution in [0.25, 0.3) is 22.3 Å². The van der Waals surface area contributed by atoms with E-state index in [-0.39, 0.29) is 23.2 Å². The van der Waals surface area contributed by atoms with E-state index in [2.05, 4.69) is 5.10 Å². The molecule has 1 unspecified atom stereocenters. The van der Waals surface area contributed by atoms with E-state index in [1.165, 1.54) is 12.1 Å². The fraction of sp³-hybridized carbons (Fsp3) is 0.273. The van der Waals surface area contributed by atoms with Gasteiger partial charge in [-0.15, -0.1) is 0 Å². The average molecular weight is 412 g/mol. The summed E-state index contributed by atoms with van der Waals surface area (Å²) in [7, 11) is 0. The fourth-order valence-electron chi connectivity index (χ4n) is 3.91. The molecule has 1 atom stereocenters. The Kier molecular flexibility index (Phi) is 5.69. The summed E-state index contributed by atoms with van der Waals surface area (Å²) in [5, 5.41) is 4.45. The molecule has 0 aliphatic heterocycles. The van der Waals surface area contributed by atoms with Gasteiger partial charge >= 0.3 is 0 Å². The van der Waals surface area contributed by atoms with E-state index in [0.717, 1.165) is 36.8 Å². The lowest BCUT2D eigenvalue weighted by Gasteiger charge is -2.16. The highest BCUT2D eigenvalue weighted by atomic mass is 32.2. The first-order valence-corrected chi connectivity index (χ1v) is 10.8. The molecule has 1 aliphatic rings. The molecule has 5 nitrogen and oxygen atoms in total. The summed E-state index contributed by atoms with van der Waals surface area (Å²) in [6.45, 7) is 0. The molecule has 1 saturated carbocycles. The van der Waals surface area contributed by atoms with Crippen LogP contribution in [0.5, 0.6) is 0 Å². The number of benzene rings is 2. The first-order chi connectivity index (χ1) is 14.0. The molecule has 1 aromatic heterocycles. The molecule has 0 radical (unpaired) electrons. The minimum atomic E-state index is -1.91.